The molecule has 0 spiro atoms. The van der Waals surface area contributed by atoms with E-state index in [-0.39, 0.29) is 11.9 Å². The first-order valence-electron chi connectivity index (χ1n) is 8.34. The smallest absolute Gasteiger partial charge is 0.263 e. The maximum Gasteiger partial charge on any atom is 0.263 e. The fraction of sp³-hybridized carbons (Fsp3) is 0.353. The van der Waals surface area contributed by atoms with Gasteiger partial charge in [0.15, 0.2) is 5.82 Å². The second-order valence-electron chi connectivity index (χ2n) is 5.97. The largest absolute Gasteiger partial charge is 0.476 e. The Hall–Kier alpha value is -3.23. The Morgan fingerprint density at radius 2 is 2.15 bits per heavy atom. The quantitative estimate of drug-likeness (QED) is 0.728. The molecule has 9 nitrogen and oxygen atoms in total. The number of ether oxygens (including phenoxy) is 1. The Morgan fingerprint density at radius 1 is 1.35 bits per heavy atom. The minimum Gasteiger partial charge on any atom is -0.476 e. The average Bonchev–Trinajstić information content (AvgIpc) is 3.22. The molecule has 1 N–H and O–H groups in total. The Morgan fingerprint density at radius 3 is 2.88 bits per heavy atom. The third-order valence-corrected chi connectivity index (χ3v) is 3.67. The van der Waals surface area contributed by atoms with E-state index in [0.29, 0.717) is 35.4 Å². The number of amides is 1. The van der Waals surface area contributed by atoms with E-state index < -0.39 is 0 Å². The van der Waals surface area contributed by atoms with Gasteiger partial charge in [-0.15, -0.1) is 15.3 Å². The van der Waals surface area contributed by atoms with E-state index in [9.17, 15) is 4.79 Å². The van der Waals surface area contributed by atoms with Gasteiger partial charge in [0.1, 0.15) is 23.4 Å². The molecule has 26 heavy (non-hydrogen) atoms. The number of carbonyl (C=O) groups excluding carboxylic acids is 1. The van der Waals surface area contributed by atoms with E-state index in [1.807, 2.05) is 37.5 Å². The van der Waals surface area contributed by atoms with Gasteiger partial charge in [-0.2, -0.15) is 0 Å². The van der Waals surface area contributed by atoms with Crippen molar-refractivity contribution in [3.05, 3.63) is 36.3 Å². The highest BCUT2D eigenvalue weighted by atomic mass is 16.5. The molecule has 0 aromatic carbocycles. The lowest BCUT2D eigenvalue weighted by Crippen LogP contribution is -2.14. The van der Waals surface area contributed by atoms with Crippen molar-refractivity contribution >= 4 is 11.7 Å². The minimum atomic E-state index is -0.337. The Kier molecular flexibility index (Phi) is 4.97. The van der Waals surface area contributed by atoms with Crippen molar-refractivity contribution in [3.63, 3.8) is 0 Å². The van der Waals surface area contributed by atoms with Gasteiger partial charge in [-0.25, -0.2) is 4.98 Å². The van der Waals surface area contributed by atoms with Crippen LogP contribution in [0.2, 0.25) is 0 Å². The number of rotatable bonds is 6. The van der Waals surface area contributed by atoms with Gasteiger partial charge < -0.3 is 14.6 Å². The molecule has 0 bridgehead atoms. The summed E-state index contributed by atoms with van der Waals surface area (Å²) in [4.78, 5) is 17.1. The first kappa shape index (κ1) is 17.6. The van der Waals surface area contributed by atoms with Crippen LogP contribution >= 0.6 is 0 Å². The second-order valence-corrected chi connectivity index (χ2v) is 5.97. The van der Waals surface area contributed by atoms with Gasteiger partial charge in [0.05, 0.1) is 6.61 Å². The number of carbonyl (C=O) groups is 1. The maximum atomic E-state index is 12.6. The van der Waals surface area contributed by atoms with E-state index >= 15 is 0 Å². The zero-order chi connectivity index (χ0) is 18.7. The molecule has 0 saturated carbocycles. The fourth-order valence-corrected chi connectivity index (χ4v) is 2.48. The van der Waals surface area contributed by atoms with Crippen molar-refractivity contribution in [1.29, 1.82) is 0 Å². The maximum absolute atomic E-state index is 12.6. The van der Waals surface area contributed by atoms with Crippen molar-refractivity contribution in [1.82, 2.24) is 29.5 Å². The van der Waals surface area contributed by atoms with Crippen LogP contribution in [-0.2, 0) is 7.05 Å². The number of hydrogen-bond acceptors (Lipinski definition) is 6. The minimum absolute atomic E-state index is 0.198. The molecule has 9 heteroatoms. The first-order valence-corrected chi connectivity index (χ1v) is 8.34. The highest BCUT2D eigenvalue weighted by molar-refractivity contribution is 6.05. The number of pyridine rings is 1. The van der Waals surface area contributed by atoms with Gasteiger partial charge in [-0.1, -0.05) is 6.07 Å². The van der Waals surface area contributed by atoms with Crippen LogP contribution in [0.4, 0.5) is 5.82 Å². The summed E-state index contributed by atoms with van der Waals surface area (Å²) < 4.78 is 8.86. The summed E-state index contributed by atoms with van der Waals surface area (Å²) >= 11 is 0. The van der Waals surface area contributed by atoms with Crippen molar-refractivity contribution in [2.75, 3.05) is 11.9 Å². The molecule has 0 aliphatic carbocycles. The normalized spacial score (nSPS) is 11.0. The molecule has 0 radical (unpaired) electrons. The molecule has 3 aromatic rings. The number of nitrogens with one attached hydrogen (secondary N) is 1. The monoisotopic (exact) mass is 355 g/mol. The van der Waals surface area contributed by atoms with Crippen molar-refractivity contribution in [2.45, 2.75) is 26.8 Å². The lowest BCUT2D eigenvalue weighted by Gasteiger charge is -2.10. The summed E-state index contributed by atoms with van der Waals surface area (Å²) in [5.41, 5.74) is 0.983. The molecular formula is C17H21N7O2. The molecule has 0 unspecified atom stereocenters. The summed E-state index contributed by atoms with van der Waals surface area (Å²) in [6.07, 6.45) is 3.27. The molecule has 0 atom stereocenters. The lowest BCUT2D eigenvalue weighted by molar-refractivity contribution is 0.102. The number of nitrogens with zero attached hydrogens (tertiary/aromatic N) is 6. The zero-order valence-electron chi connectivity index (χ0n) is 15.2. The molecule has 0 saturated heterocycles. The zero-order valence-corrected chi connectivity index (χ0v) is 15.2. The molecule has 136 valence electrons. The summed E-state index contributed by atoms with van der Waals surface area (Å²) in [7, 11) is 1.73. The van der Waals surface area contributed by atoms with Crippen LogP contribution in [0.1, 0.15) is 37.2 Å². The molecule has 0 aliphatic rings. The second kappa shape index (κ2) is 7.34. The van der Waals surface area contributed by atoms with Crippen LogP contribution in [0.25, 0.3) is 11.5 Å². The highest BCUT2D eigenvalue weighted by Gasteiger charge is 2.18. The summed E-state index contributed by atoms with van der Waals surface area (Å²) in [6.45, 7) is 6.34. The molecule has 0 aliphatic heterocycles. The van der Waals surface area contributed by atoms with Gasteiger partial charge in [0, 0.05) is 19.3 Å². The topological polar surface area (TPSA) is 99.8 Å². The van der Waals surface area contributed by atoms with E-state index in [1.165, 1.54) is 4.68 Å². The van der Waals surface area contributed by atoms with Crippen LogP contribution in [0.5, 0.6) is 5.88 Å². The van der Waals surface area contributed by atoms with Gasteiger partial charge in [-0.05, 0) is 32.9 Å². The fourth-order valence-electron chi connectivity index (χ4n) is 2.48. The third-order valence-electron chi connectivity index (χ3n) is 3.67. The molecular weight excluding hydrogens is 334 g/mol. The van der Waals surface area contributed by atoms with Crippen LogP contribution in [0.15, 0.2) is 30.7 Å². The van der Waals surface area contributed by atoms with Gasteiger partial charge >= 0.3 is 0 Å². The summed E-state index contributed by atoms with van der Waals surface area (Å²) in [5, 5.41) is 15.0. The lowest BCUT2D eigenvalue weighted by atomic mass is 10.3. The molecule has 3 aromatic heterocycles. The number of anilines is 1. The van der Waals surface area contributed by atoms with E-state index in [0.717, 1.165) is 0 Å². The number of aryl methyl sites for hydroxylation is 1. The Bertz CT molecular complexity index is 913. The summed E-state index contributed by atoms with van der Waals surface area (Å²) in [5.74, 6) is 1.02. The summed E-state index contributed by atoms with van der Waals surface area (Å²) in [6, 6.07) is 5.55. The van der Waals surface area contributed by atoms with E-state index in [2.05, 4.69) is 25.6 Å². The predicted octanol–water partition coefficient (Wildman–Crippen LogP) is 2.31. The van der Waals surface area contributed by atoms with Gasteiger partial charge in [-0.3, -0.25) is 9.48 Å². The highest BCUT2D eigenvalue weighted by Crippen LogP contribution is 2.21. The van der Waals surface area contributed by atoms with Crippen LogP contribution < -0.4 is 10.1 Å². The Labute approximate surface area is 151 Å². The molecule has 3 heterocycles. The molecule has 0 fully saturated rings. The van der Waals surface area contributed by atoms with Gasteiger partial charge in [0.25, 0.3) is 5.91 Å². The standard InChI is InChI=1S/C17H21N7O2/c1-5-26-17-12(9-23(4)22-17)16(25)20-14-8-6-7-13(19-14)15-21-18-10-24(15)11(2)3/h6-11H,5H2,1-4H3,(H,19,20,25). The average molecular weight is 355 g/mol. The van der Waals surface area contributed by atoms with Crippen molar-refractivity contribution in [3.8, 4) is 17.4 Å². The SMILES string of the molecule is CCOc1nn(C)cc1C(=O)Nc1cccc(-c2nncn2C(C)C)n1. The number of aromatic nitrogens is 6. The van der Waals surface area contributed by atoms with Crippen molar-refractivity contribution < 1.29 is 9.53 Å². The van der Waals surface area contributed by atoms with Crippen LogP contribution in [0.3, 0.4) is 0 Å². The molecule has 3 rings (SSSR count). The van der Waals surface area contributed by atoms with Crippen molar-refractivity contribution in [2.24, 2.45) is 7.05 Å². The third kappa shape index (κ3) is 3.56. The predicted molar refractivity (Wildman–Crippen MR) is 96.0 cm³/mol. The van der Waals surface area contributed by atoms with Gasteiger partial charge in [0.2, 0.25) is 5.88 Å². The van der Waals surface area contributed by atoms with Crippen LogP contribution in [-0.4, -0.2) is 42.0 Å². The number of hydrogen-bond donors (Lipinski definition) is 1. The van der Waals surface area contributed by atoms with E-state index in [1.54, 1.807) is 25.6 Å². The van der Waals surface area contributed by atoms with Crippen LogP contribution in [0, 0.1) is 0 Å². The first-order chi connectivity index (χ1) is 12.5. The van der Waals surface area contributed by atoms with E-state index in [4.69, 9.17) is 4.74 Å². The Balaban J connectivity index is 1.85. The molecule has 1 amide bonds.